The Bertz CT molecular complexity index is 184. The maximum Gasteiger partial charge on any atom is 0.306 e. The first kappa shape index (κ1) is 12.0. The van der Waals surface area contributed by atoms with Gasteiger partial charge in [0.05, 0.1) is 5.92 Å². The summed E-state index contributed by atoms with van der Waals surface area (Å²) in [7, 11) is 0. The highest BCUT2D eigenvalue weighted by molar-refractivity contribution is 5.69. The second-order valence-corrected chi connectivity index (χ2v) is 3.06. The van der Waals surface area contributed by atoms with Gasteiger partial charge in [-0.2, -0.15) is 0 Å². The van der Waals surface area contributed by atoms with Gasteiger partial charge in [0.1, 0.15) is 0 Å². The highest BCUT2D eigenvalue weighted by Gasteiger charge is 2.15. The zero-order valence-electron chi connectivity index (χ0n) is 7.83. The Hall–Kier alpha value is -1.01. The number of hydrogen-bond donors (Lipinski definition) is 2. The number of aliphatic carboxylic acids is 1. The first-order chi connectivity index (χ1) is 6.22. The lowest BCUT2D eigenvalue weighted by Gasteiger charge is -2.09. The first-order valence-corrected chi connectivity index (χ1v) is 4.58. The quantitative estimate of drug-likeness (QED) is 0.461. The van der Waals surface area contributed by atoms with E-state index in [0.717, 1.165) is 12.8 Å². The molecule has 0 aromatic rings. The molecule has 0 aliphatic carbocycles. The molecule has 0 saturated carbocycles. The molecule has 13 heavy (non-hydrogen) atoms. The molecule has 3 N–H and O–H groups in total. The Morgan fingerprint density at radius 2 is 2.08 bits per heavy atom. The summed E-state index contributed by atoms with van der Waals surface area (Å²) in [6.45, 7) is 0.554. The van der Waals surface area contributed by atoms with E-state index in [9.17, 15) is 4.79 Å². The van der Waals surface area contributed by atoms with Crippen molar-refractivity contribution in [1.29, 1.82) is 0 Å². The minimum absolute atomic E-state index is 0.267. The molecule has 0 fully saturated rings. The maximum atomic E-state index is 10.7. The second-order valence-electron chi connectivity index (χ2n) is 3.06. The van der Waals surface area contributed by atoms with Crippen LogP contribution in [0.4, 0.5) is 0 Å². The average molecular weight is 183 g/mol. The molecule has 3 nitrogen and oxygen atoms in total. The van der Waals surface area contributed by atoms with Crippen molar-refractivity contribution in [2.45, 2.75) is 32.1 Å². The fraction of sp³-hybridized carbons (Fsp3) is 0.700. The molecule has 0 aliphatic heterocycles. The van der Waals surface area contributed by atoms with Crippen LogP contribution in [0.3, 0.4) is 0 Å². The lowest BCUT2D eigenvalue weighted by Crippen LogP contribution is -2.15. The van der Waals surface area contributed by atoms with Gasteiger partial charge >= 0.3 is 5.97 Å². The molecule has 0 rings (SSSR count). The smallest absolute Gasteiger partial charge is 0.306 e. The Morgan fingerprint density at radius 1 is 1.46 bits per heavy atom. The zero-order valence-corrected chi connectivity index (χ0v) is 7.83. The molecule has 1 atom stereocenters. The van der Waals surface area contributed by atoms with Gasteiger partial charge in [-0.3, -0.25) is 4.79 Å². The van der Waals surface area contributed by atoms with Gasteiger partial charge in [-0.15, -0.1) is 12.3 Å². The molecule has 0 heterocycles. The molecule has 0 radical (unpaired) electrons. The lowest BCUT2D eigenvalue weighted by molar-refractivity contribution is -0.142. The molecule has 0 bridgehead atoms. The minimum atomic E-state index is -0.731. The van der Waals surface area contributed by atoms with E-state index in [2.05, 4.69) is 5.92 Å². The molecule has 0 aromatic heterocycles. The first-order valence-electron chi connectivity index (χ1n) is 4.58. The zero-order chi connectivity index (χ0) is 10.1. The summed E-state index contributed by atoms with van der Waals surface area (Å²) in [5.74, 6) is 1.50. The summed E-state index contributed by atoms with van der Waals surface area (Å²) in [6, 6.07) is 0. The second kappa shape index (κ2) is 7.63. The fourth-order valence-electron chi connectivity index (χ4n) is 1.21. The van der Waals surface area contributed by atoms with E-state index in [4.69, 9.17) is 17.3 Å². The Labute approximate surface area is 79.3 Å². The summed E-state index contributed by atoms with van der Waals surface area (Å²) in [5.41, 5.74) is 5.31. The van der Waals surface area contributed by atoms with Crippen molar-refractivity contribution in [3.8, 4) is 12.3 Å². The van der Waals surface area contributed by atoms with E-state index in [-0.39, 0.29) is 5.92 Å². The van der Waals surface area contributed by atoms with Crippen LogP contribution >= 0.6 is 0 Å². The average Bonchev–Trinajstić information content (AvgIpc) is 2.10. The highest BCUT2D eigenvalue weighted by atomic mass is 16.4. The van der Waals surface area contributed by atoms with E-state index < -0.39 is 5.97 Å². The number of hydrogen-bond acceptors (Lipinski definition) is 2. The summed E-state index contributed by atoms with van der Waals surface area (Å²) in [4.78, 5) is 10.7. The van der Waals surface area contributed by atoms with Gasteiger partial charge in [0.25, 0.3) is 0 Å². The van der Waals surface area contributed by atoms with Crippen LogP contribution < -0.4 is 5.73 Å². The number of carboxylic acid groups (broad SMARTS) is 1. The van der Waals surface area contributed by atoms with Crippen molar-refractivity contribution in [2.24, 2.45) is 11.7 Å². The van der Waals surface area contributed by atoms with Crippen LogP contribution in [0.25, 0.3) is 0 Å². The summed E-state index contributed by atoms with van der Waals surface area (Å²) in [6.07, 6.45) is 8.62. The Balaban J connectivity index is 3.68. The molecular weight excluding hydrogens is 166 g/mol. The summed E-state index contributed by atoms with van der Waals surface area (Å²) in [5, 5.41) is 8.81. The summed E-state index contributed by atoms with van der Waals surface area (Å²) < 4.78 is 0. The van der Waals surface area contributed by atoms with Gasteiger partial charge in [-0.25, -0.2) is 0 Å². The summed E-state index contributed by atoms with van der Waals surface area (Å²) >= 11 is 0. The van der Waals surface area contributed by atoms with Crippen LogP contribution in [0.2, 0.25) is 0 Å². The molecule has 0 aromatic carbocycles. The third-order valence-electron chi connectivity index (χ3n) is 1.98. The van der Waals surface area contributed by atoms with Crippen LogP contribution in [0.5, 0.6) is 0 Å². The van der Waals surface area contributed by atoms with Crippen molar-refractivity contribution < 1.29 is 9.90 Å². The van der Waals surface area contributed by atoms with Gasteiger partial charge in [0, 0.05) is 6.42 Å². The molecular formula is C10H17NO2. The maximum absolute atomic E-state index is 10.7. The van der Waals surface area contributed by atoms with E-state index in [1.54, 1.807) is 0 Å². The topological polar surface area (TPSA) is 63.3 Å². The predicted molar refractivity (Wildman–Crippen MR) is 52.1 cm³/mol. The number of carboxylic acids is 1. The minimum Gasteiger partial charge on any atom is -0.481 e. The van der Waals surface area contributed by atoms with Crippen molar-refractivity contribution in [3.63, 3.8) is 0 Å². The van der Waals surface area contributed by atoms with Crippen LogP contribution in [0.1, 0.15) is 32.1 Å². The van der Waals surface area contributed by atoms with E-state index >= 15 is 0 Å². The van der Waals surface area contributed by atoms with Crippen LogP contribution in [-0.2, 0) is 4.79 Å². The molecule has 0 amide bonds. The normalized spacial score (nSPS) is 12.0. The number of carbonyl (C=O) groups is 1. The molecule has 0 spiro atoms. The van der Waals surface area contributed by atoms with E-state index in [1.165, 1.54) is 0 Å². The van der Waals surface area contributed by atoms with E-state index in [1.807, 2.05) is 0 Å². The Morgan fingerprint density at radius 3 is 2.54 bits per heavy atom. The van der Waals surface area contributed by atoms with Gasteiger partial charge in [-0.1, -0.05) is 0 Å². The van der Waals surface area contributed by atoms with Crippen molar-refractivity contribution in [1.82, 2.24) is 0 Å². The van der Waals surface area contributed by atoms with Crippen molar-refractivity contribution >= 4 is 5.97 Å². The third-order valence-corrected chi connectivity index (χ3v) is 1.98. The van der Waals surface area contributed by atoms with Gasteiger partial charge in [-0.05, 0) is 32.2 Å². The lowest BCUT2D eigenvalue weighted by atomic mass is 9.97. The van der Waals surface area contributed by atoms with Crippen molar-refractivity contribution in [3.05, 3.63) is 0 Å². The number of nitrogens with two attached hydrogens (primary N) is 1. The fourth-order valence-corrected chi connectivity index (χ4v) is 1.21. The van der Waals surface area contributed by atoms with Crippen LogP contribution in [-0.4, -0.2) is 17.6 Å². The van der Waals surface area contributed by atoms with E-state index in [0.29, 0.717) is 25.8 Å². The van der Waals surface area contributed by atoms with Gasteiger partial charge in [0.15, 0.2) is 0 Å². The largest absolute Gasteiger partial charge is 0.481 e. The standard InChI is InChI=1S/C10H17NO2/c1-2-3-4-6-9(10(12)13)7-5-8-11/h1,9H,3-8,11H2,(H,12,13). The molecule has 0 saturated heterocycles. The van der Waals surface area contributed by atoms with Crippen LogP contribution in [0.15, 0.2) is 0 Å². The number of unbranched alkanes of at least 4 members (excludes halogenated alkanes) is 1. The predicted octanol–water partition coefficient (Wildman–Crippen LogP) is 1.23. The number of terminal acetylenes is 1. The molecule has 0 aliphatic rings. The molecule has 74 valence electrons. The third kappa shape index (κ3) is 6.18. The Kier molecular flexibility index (Phi) is 7.04. The van der Waals surface area contributed by atoms with Gasteiger partial charge in [0.2, 0.25) is 0 Å². The van der Waals surface area contributed by atoms with Crippen LogP contribution in [0, 0.1) is 18.3 Å². The highest BCUT2D eigenvalue weighted by Crippen LogP contribution is 2.14. The monoisotopic (exact) mass is 183 g/mol. The van der Waals surface area contributed by atoms with Gasteiger partial charge < -0.3 is 10.8 Å². The SMILES string of the molecule is C#CCCCC(CCCN)C(=O)O. The molecule has 1 unspecified atom stereocenters. The molecule has 3 heteroatoms. The number of rotatable bonds is 7. The van der Waals surface area contributed by atoms with Crippen molar-refractivity contribution in [2.75, 3.05) is 6.54 Å².